The number of aliphatic hydroxyl groups is 1. The number of hydrogen-bond acceptors (Lipinski definition) is 8. The molecule has 2 fully saturated rings. The third-order valence-electron chi connectivity index (χ3n) is 7.17. The van der Waals surface area contributed by atoms with Crippen molar-refractivity contribution in [2.45, 2.75) is 76.0 Å². The second kappa shape index (κ2) is 13.3. The van der Waals surface area contributed by atoms with E-state index in [-0.39, 0.29) is 19.8 Å². The molecule has 42 heavy (non-hydrogen) atoms. The molecule has 5 rings (SSSR count). The highest BCUT2D eigenvalue weighted by molar-refractivity contribution is 5.69. The monoisotopic (exact) mass is 577 g/mol. The van der Waals surface area contributed by atoms with Gasteiger partial charge in [-0.1, -0.05) is 91.0 Å². The summed E-state index contributed by atoms with van der Waals surface area (Å²) in [7, 11) is 0. The van der Waals surface area contributed by atoms with Gasteiger partial charge in [-0.25, -0.2) is 4.79 Å². The number of carbonyl (C=O) groups is 1. The Labute approximate surface area is 246 Å². The molecule has 224 valence electrons. The van der Waals surface area contributed by atoms with Gasteiger partial charge in [-0.3, -0.25) is 0 Å². The molecule has 3 aromatic rings. The van der Waals surface area contributed by atoms with Crippen molar-refractivity contribution in [1.29, 1.82) is 0 Å². The number of nitrogens with one attached hydrogen (secondary N) is 1. The Bertz CT molecular complexity index is 1270. The van der Waals surface area contributed by atoms with Gasteiger partial charge in [0, 0.05) is 5.56 Å². The molecular weight excluding hydrogens is 538 g/mol. The smallest absolute Gasteiger partial charge is 0.408 e. The first-order valence-electron chi connectivity index (χ1n) is 14.2. The van der Waals surface area contributed by atoms with Crippen LogP contribution in [-0.4, -0.2) is 60.2 Å². The van der Waals surface area contributed by atoms with Crippen LogP contribution in [0.25, 0.3) is 0 Å². The van der Waals surface area contributed by atoms with Gasteiger partial charge in [0.1, 0.15) is 29.5 Å². The summed E-state index contributed by atoms with van der Waals surface area (Å²) >= 11 is 0. The molecule has 3 aromatic carbocycles. The van der Waals surface area contributed by atoms with E-state index in [4.69, 9.17) is 28.4 Å². The Kier molecular flexibility index (Phi) is 9.57. The zero-order valence-corrected chi connectivity index (χ0v) is 24.2. The van der Waals surface area contributed by atoms with Gasteiger partial charge in [0.05, 0.1) is 26.4 Å². The van der Waals surface area contributed by atoms with Crippen LogP contribution in [0.2, 0.25) is 0 Å². The number of amides is 1. The number of hydrogen-bond donors (Lipinski definition) is 2. The number of fused-ring (bicyclic) bond motifs is 1. The van der Waals surface area contributed by atoms with Gasteiger partial charge in [-0.2, -0.15) is 0 Å². The topological polar surface area (TPSA) is 105 Å². The van der Waals surface area contributed by atoms with Crippen molar-refractivity contribution in [3.63, 3.8) is 0 Å². The van der Waals surface area contributed by atoms with E-state index in [1.807, 2.05) is 91.0 Å². The quantitative estimate of drug-likeness (QED) is 0.371. The van der Waals surface area contributed by atoms with E-state index in [1.54, 1.807) is 20.8 Å². The van der Waals surface area contributed by atoms with E-state index in [0.29, 0.717) is 0 Å². The molecule has 0 saturated carbocycles. The predicted molar refractivity (Wildman–Crippen MR) is 154 cm³/mol. The molecule has 0 aromatic heterocycles. The highest BCUT2D eigenvalue weighted by atomic mass is 16.8. The van der Waals surface area contributed by atoms with Crippen LogP contribution in [0.3, 0.4) is 0 Å². The zero-order valence-electron chi connectivity index (χ0n) is 24.2. The van der Waals surface area contributed by atoms with Crippen molar-refractivity contribution in [2.24, 2.45) is 0 Å². The number of ether oxygens (including phenoxy) is 6. The van der Waals surface area contributed by atoms with Gasteiger partial charge in [-0.05, 0) is 31.9 Å². The van der Waals surface area contributed by atoms with Crippen LogP contribution in [0.15, 0.2) is 91.0 Å². The van der Waals surface area contributed by atoms with E-state index in [1.165, 1.54) is 0 Å². The fourth-order valence-corrected chi connectivity index (χ4v) is 5.19. The van der Waals surface area contributed by atoms with Crippen molar-refractivity contribution in [3.05, 3.63) is 108 Å². The fourth-order valence-electron chi connectivity index (χ4n) is 5.19. The normalized spacial score (nSPS) is 27.6. The van der Waals surface area contributed by atoms with E-state index < -0.39 is 54.7 Å². The van der Waals surface area contributed by atoms with Crippen molar-refractivity contribution in [1.82, 2.24) is 5.32 Å². The molecule has 0 spiro atoms. The van der Waals surface area contributed by atoms with Gasteiger partial charge in [-0.15, -0.1) is 0 Å². The lowest BCUT2D eigenvalue weighted by Crippen LogP contribution is -2.77. The highest BCUT2D eigenvalue weighted by Crippen LogP contribution is 2.41. The lowest BCUT2D eigenvalue weighted by molar-refractivity contribution is -0.370. The summed E-state index contributed by atoms with van der Waals surface area (Å²) in [6.45, 7) is 5.28. The van der Waals surface area contributed by atoms with Crippen LogP contribution in [0.1, 0.15) is 43.8 Å². The Balaban J connectivity index is 1.51. The van der Waals surface area contributed by atoms with Gasteiger partial charge in [0.2, 0.25) is 0 Å². The fraction of sp³-hybridized carbons (Fsp3) is 0.424. The molecular formula is C33H39NO8. The van der Waals surface area contributed by atoms with Crippen LogP contribution in [-0.2, 0) is 41.6 Å². The molecule has 2 saturated heterocycles. The lowest BCUT2D eigenvalue weighted by Gasteiger charge is -2.54. The van der Waals surface area contributed by atoms with E-state index in [9.17, 15) is 9.90 Å². The molecule has 2 N–H and O–H groups in total. The third kappa shape index (κ3) is 7.18. The first-order valence-corrected chi connectivity index (χ1v) is 14.2. The van der Waals surface area contributed by atoms with Crippen molar-refractivity contribution in [2.75, 3.05) is 13.2 Å². The molecule has 0 bridgehead atoms. The number of rotatable bonds is 9. The Morgan fingerprint density at radius 3 is 2.02 bits per heavy atom. The van der Waals surface area contributed by atoms with Crippen LogP contribution in [0.5, 0.6) is 0 Å². The molecule has 2 aliphatic heterocycles. The maximum absolute atomic E-state index is 13.3. The van der Waals surface area contributed by atoms with Crippen LogP contribution in [0.4, 0.5) is 4.79 Å². The summed E-state index contributed by atoms with van der Waals surface area (Å²) < 4.78 is 37.5. The minimum absolute atomic E-state index is 0.167. The van der Waals surface area contributed by atoms with Crippen molar-refractivity contribution < 1.29 is 38.3 Å². The average molecular weight is 578 g/mol. The van der Waals surface area contributed by atoms with E-state index in [0.717, 1.165) is 16.7 Å². The van der Waals surface area contributed by atoms with E-state index >= 15 is 0 Å². The maximum atomic E-state index is 13.3. The van der Waals surface area contributed by atoms with Crippen LogP contribution in [0, 0.1) is 0 Å². The Hall–Kier alpha value is -3.31. The second-order valence-electron chi connectivity index (χ2n) is 11.5. The standard InChI is InChI=1S/C33H39NO8/c1-32(2,3)42-31(36)34-33(22-35)28(37-19-23-13-7-4-8-14-23)27-26(21-38-29(41-27)25-17-11-6-12-18-25)40-30(33)39-20-24-15-9-5-10-16-24/h4-18,26-30,35H,19-22H2,1-3H3,(H,34,36)/t26-,27-,28+,29?,30-,33-/m1/s1. The summed E-state index contributed by atoms with van der Waals surface area (Å²) in [6.07, 6.45) is -4.81. The minimum Gasteiger partial charge on any atom is -0.444 e. The molecule has 2 heterocycles. The predicted octanol–water partition coefficient (Wildman–Crippen LogP) is 4.88. The summed E-state index contributed by atoms with van der Waals surface area (Å²) in [5.41, 5.74) is 0.265. The van der Waals surface area contributed by atoms with Gasteiger partial charge in [0.15, 0.2) is 12.6 Å². The first-order chi connectivity index (χ1) is 20.3. The van der Waals surface area contributed by atoms with Crippen molar-refractivity contribution >= 4 is 6.09 Å². The molecule has 0 radical (unpaired) electrons. The van der Waals surface area contributed by atoms with Crippen LogP contribution >= 0.6 is 0 Å². The molecule has 0 aliphatic carbocycles. The number of benzene rings is 3. The number of aliphatic hydroxyl groups excluding tert-OH is 1. The third-order valence-corrected chi connectivity index (χ3v) is 7.17. The Morgan fingerprint density at radius 2 is 1.45 bits per heavy atom. The second-order valence-corrected chi connectivity index (χ2v) is 11.5. The van der Waals surface area contributed by atoms with Crippen molar-refractivity contribution in [3.8, 4) is 0 Å². The molecule has 2 aliphatic rings. The largest absolute Gasteiger partial charge is 0.444 e. The minimum atomic E-state index is -1.59. The summed E-state index contributed by atoms with van der Waals surface area (Å²) in [6, 6.07) is 28.8. The lowest BCUT2D eigenvalue weighted by atomic mass is 9.82. The summed E-state index contributed by atoms with van der Waals surface area (Å²) in [5.74, 6) is 0. The van der Waals surface area contributed by atoms with Gasteiger partial charge in [0.25, 0.3) is 0 Å². The number of carbonyl (C=O) groups excluding carboxylic acids is 1. The highest BCUT2D eigenvalue weighted by Gasteiger charge is 2.61. The Morgan fingerprint density at radius 1 is 0.881 bits per heavy atom. The number of alkyl carbamates (subject to hydrolysis) is 1. The van der Waals surface area contributed by atoms with Gasteiger partial charge < -0.3 is 38.8 Å². The summed E-state index contributed by atoms with van der Waals surface area (Å²) in [4.78, 5) is 13.3. The molecule has 1 unspecified atom stereocenters. The average Bonchev–Trinajstić information content (AvgIpc) is 2.99. The first kappa shape index (κ1) is 30.2. The summed E-state index contributed by atoms with van der Waals surface area (Å²) in [5, 5.41) is 14.0. The molecule has 6 atom stereocenters. The molecule has 1 amide bonds. The SMILES string of the molecule is CC(C)(C)OC(=O)N[C@@]1(CO)[C@H](OCc2ccccc2)O[C@@H]2COC(c3ccccc3)O[C@H]2[C@@H]1OCc1ccccc1. The van der Waals surface area contributed by atoms with Crippen LogP contribution < -0.4 is 5.32 Å². The maximum Gasteiger partial charge on any atom is 0.408 e. The molecule has 9 nitrogen and oxygen atoms in total. The van der Waals surface area contributed by atoms with E-state index in [2.05, 4.69) is 5.32 Å². The van der Waals surface area contributed by atoms with Gasteiger partial charge >= 0.3 is 6.09 Å². The zero-order chi connectivity index (χ0) is 29.6. The molecule has 9 heteroatoms.